The maximum atomic E-state index is 4.29. The van der Waals surface area contributed by atoms with Gasteiger partial charge in [-0.05, 0) is 40.5 Å². The van der Waals surface area contributed by atoms with Crippen molar-refractivity contribution in [3.63, 3.8) is 0 Å². The van der Waals surface area contributed by atoms with Gasteiger partial charge >= 0.3 is 0 Å². The summed E-state index contributed by atoms with van der Waals surface area (Å²) in [5.41, 5.74) is 1.30. The number of pyridine rings is 1. The van der Waals surface area contributed by atoms with Crippen LogP contribution in [0.15, 0.2) is 22.9 Å². The molecule has 1 N–H and O–H groups in total. The lowest BCUT2D eigenvalue weighted by atomic mass is 10.0. The molecule has 1 aromatic heterocycles. The monoisotopic (exact) mass is 354 g/mol. The molecule has 0 amide bonds. The molecule has 0 fully saturated rings. The molecule has 0 bridgehead atoms. The standard InChI is InChI=1S/C18H31BrN2/c1-3-5-6-7-8-9-10-11-12-18(21-4-2)16-13-17(19)15-20-14-16/h13-15,18,21H,3-12H2,1-2H3. The fraction of sp³-hybridized carbons (Fsp3) is 0.722. The summed E-state index contributed by atoms with van der Waals surface area (Å²) in [6.07, 6.45) is 16.1. The molecule has 0 aromatic carbocycles. The van der Waals surface area contributed by atoms with E-state index in [1.807, 2.05) is 12.4 Å². The van der Waals surface area contributed by atoms with E-state index in [4.69, 9.17) is 0 Å². The Kier molecular flexibility index (Phi) is 10.8. The van der Waals surface area contributed by atoms with Crippen LogP contribution >= 0.6 is 15.9 Å². The van der Waals surface area contributed by atoms with Crippen LogP contribution in [-0.2, 0) is 0 Å². The molecule has 0 aliphatic heterocycles. The van der Waals surface area contributed by atoms with Gasteiger partial charge in [0.05, 0.1) is 0 Å². The molecule has 120 valence electrons. The van der Waals surface area contributed by atoms with E-state index in [9.17, 15) is 0 Å². The molecular weight excluding hydrogens is 324 g/mol. The van der Waals surface area contributed by atoms with E-state index in [2.05, 4.69) is 46.1 Å². The van der Waals surface area contributed by atoms with E-state index in [1.54, 1.807) is 0 Å². The highest BCUT2D eigenvalue weighted by Crippen LogP contribution is 2.22. The molecule has 1 unspecified atom stereocenters. The smallest absolute Gasteiger partial charge is 0.0410 e. The second-order valence-corrected chi connectivity index (χ2v) is 6.73. The van der Waals surface area contributed by atoms with Crippen molar-refractivity contribution in [3.8, 4) is 0 Å². The van der Waals surface area contributed by atoms with E-state index in [0.29, 0.717) is 6.04 Å². The molecular formula is C18H31BrN2. The SMILES string of the molecule is CCCCCCCCCCC(NCC)c1cncc(Br)c1. The molecule has 0 spiro atoms. The molecule has 1 rings (SSSR count). The van der Waals surface area contributed by atoms with E-state index < -0.39 is 0 Å². The van der Waals surface area contributed by atoms with Gasteiger partial charge in [-0.1, -0.05) is 65.2 Å². The molecule has 0 saturated carbocycles. The van der Waals surface area contributed by atoms with E-state index in [0.717, 1.165) is 11.0 Å². The molecule has 21 heavy (non-hydrogen) atoms. The Bertz CT molecular complexity index is 368. The summed E-state index contributed by atoms with van der Waals surface area (Å²) in [7, 11) is 0. The van der Waals surface area contributed by atoms with Gasteiger partial charge in [-0.3, -0.25) is 4.98 Å². The van der Waals surface area contributed by atoms with Crippen molar-refractivity contribution in [3.05, 3.63) is 28.5 Å². The number of hydrogen-bond acceptors (Lipinski definition) is 2. The van der Waals surface area contributed by atoms with Gasteiger partial charge in [0.1, 0.15) is 0 Å². The fourth-order valence-corrected chi connectivity index (χ4v) is 3.12. The van der Waals surface area contributed by atoms with Crippen LogP contribution in [0.1, 0.15) is 83.2 Å². The predicted octanol–water partition coefficient (Wildman–Crippen LogP) is 6.03. The minimum Gasteiger partial charge on any atom is -0.310 e. The van der Waals surface area contributed by atoms with Gasteiger partial charge in [-0.2, -0.15) is 0 Å². The minimum absolute atomic E-state index is 0.445. The molecule has 0 aliphatic rings. The minimum atomic E-state index is 0.445. The number of rotatable bonds is 12. The van der Waals surface area contributed by atoms with Crippen molar-refractivity contribution in [2.75, 3.05) is 6.54 Å². The highest BCUT2D eigenvalue weighted by molar-refractivity contribution is 9.10. The summed E-state index contributed by atoms with van der Waals surface area (Å²) in [4.78, 5) is 4.29. The van der Waals surface area contributed by atoms with Gasteiger partial charge < -0.3 is 5.32 Å². The molecule has 1 aromatic rings. The molecule has 1 atom stereocenters. The first-order valence-corrected chi connectivity index (χ1v) is 9.41. The van der Waals surface area contributed by atoms with Crippen molar-refractivity contribution in [2.45, 2.75) is 77.7 Å². The molecule has 1 heterocycles. The summed E-state index contributed by atoms with van der Waals surface area (Å²) in [5, 5.41) is 3.58. The zero-order valence-electron chi connectivity index (χ0n) is 13.7. The first-order chi connectivity index (χ1) is 10.3. The van der Waals surface area contributed by atoms with Gasteiger partial charge in [0, 0.05) is 22.9 Å². The zero-order chi connectivity index (χ0) is 15.3. The van der Waals surface area contributed by atoms with Crippen LogP contribution in [0.3, 0.4) is 0 Å². The Morgan fingerprint density at radius 3 is 2.29 bits per heavy atom. The lowest BCUT2D eigenvalue weighted by Gasteiger charge is -2.18. The topological polar surface area (TPSA) is 24.9 Å². The van der Waals surface area contributed by atoms with E-state index >= 15 is 0 Å². The zero-order valence-corrected chi connectivity index (χ0v) is 15.3. The van der Waals surface area contributed by atoms with Gasteiger partial charge in [-0.25, -0.2) is 0 Å². The fourth-order valence-electron chi connectivity index (χ4n) is 2.73. The van der Waals surface area contributed by atoms with Gasteiger partial charge in [-0.15, -0.1) is 0 Å². The second-order valence-electron chi connectivity index (χ2n) is 5.81. The van der Waals surface area contributed by atoms with Crippen LogP contribution in [0.4, 0.5) is 0 Å². The number of nitrogens with zero attached hydrogens (tertiary/aromatic N) is 1. The molecule has 0 aliphatic carbocycles. The third-order valence-electron chi connectivity index (χ3n) is 3.93. The lowest BCUT2D eigenvalue weighted by molar-refractivity contribution is 0.474. The van der Waals surface area contributed by atoms with Crippen LogP contribution in [-0.4, -0.2) is 11.5 Å². The van der Waals surface area contributed by atoms with Crippen LogP contribution in [0.5, 0.6) is 0 Å². The first kappa shape index (κ1) is 18.6. The van der Waals surface area contributed by atoms with Crippen molar-refractivity contribution in [1.29, 1.82) is 0 Å². The largest absolute Gasteiger partial charge is 0.310 e. The number of nitrogens with one attached hydrogen (secondary N) is 1. The number of hydrogen-bond donors (Lipinski definition) is 1. The van der Waals surface area contributed by atoms with Crippen molar-refractivity contribution in [1.82, 2.24) is 10.3 Å². The molecule has 3 heteroatoms. The van der Waals surface area contributed by atoms with Crippen LogP contribution in [0.2, 0.25) is 0 Å². The molecule has 2 nitrogen and oxygen atoms in total. The Morgan fingerprint density at radius 1 is 1.00 bits per heavy atom. The average molecular weight is 355 g/mol. The third kappa shape index (κ3) is 8.57. The lowest BCUT2D eigenvalue weighted by Crippen LogP contribution is -2.21. The van der Waals surface area contributed by atoms with Crippen LogP contribution in [0, 0.1) is 0 Å². The maximum Gasteiger partial charge on any atom is 0.0410 e. The normalized spacial score (nSPS) is 12.5. The summed E-state index contributed by atoms with van der Waals surface area (Å²) < 4.78 is 1.07. The number of halogens is 1. The highest BCUT2D eigenvalue weighted by Gasteiger charge is 2.10. The Hall–Kier alpha value is -0.410. The Balaban J connectivity index is 2.23. The molecule has 0 saturated heterocycles. The maximum absolute atomic E-state index is 4.29. The number of unbranched alkanes of at least 4 members (excludes halogenated alkanes) is 7. The Labute approximate surface area is 139 Å². The van der Waals surface area contributed by atoms with Crippen LogP contribution < -0.4 is 5.32 Å². The Morgan fingerprint density at radius 2 is 1.67 bits per heavy atom. The average Bonchev–Trinajstić information content (AvgIpc) is 2.49. The summed E-state index contributed by atoms with van der Waals surface area (Å²) in [6, 6.07) is 2.63. The summed E-state index contributed by atoms with van der Waals surface area (Å²) in [5.74, 6) is 0. The van der Waals surface area contributed by atoms with Crippen LogP contribution in [0.25, 0.3) is 0 Å². The van der Waals surface area contributed by atoms with Crippen molar-refractivity contribution >= 4 is 15.9 Å². The third-order valence-corrected chi connectivity index (χ3v) is 4.36. The van der Waals surface area contributed by atoms with E-state index in [-0.39, 0.29) is 0 Å². The van der Waals surface area contributed by atoms with Gasteiger partial charge in [0.25, 0.3) is 0 Å². The van der Waals surface area contributed by atoms with Gasteiger partial charge in [0.2, 0.25) is 0 Å². The quantitative estimate of drug-likeness (QED) is 0.463. The van der Waals surface area contributed by atoms with Gasteiger partial charge in [0.15, 0.2) is 0 Å². The molecule has 0 radical (unpaired) electrons. The highest BCUT2D eigenvalue weighted by atomic mass is 79.9. The predicted molar refractivity (Wildman–Crippen MR) is 95.6 cm³/mol. The van der Waals surface area contributed by atoms with Crippen molar-refractivity contribution < 1.29 is 0 Å². The first-order valence-electron chi connectivity index (χ1n) is 8.61. The summed E-state index contributed by atoms with van der Waals surface area (Å²) >= 11 is 3.51. The summed E-state index contributed by atoms with van der Waals surface area (Å²) in [6.45, 7) is 5.46. The second kappa shape index (κ2) is 12.2. The number of aromatic nitrogens is 1. The van der Waals surface area contributed by atoms with E-state index in [1.165, 1.54) is 63.4 Å². The van der Waals surface area contributed by atoms with Crippen molar-refractivity contribution in [2.24, 2.45) is 0 Å².